The summed E-state index contributed by atoms with van der Waals surface area (Å²) in [4.78, 5) is 29.0. The SMILES string of the molecule is CCNC(=NCc1ccccc1Cn1cccn1)NCCN1C(=O)CNC1=O. The molecule has 2 aromatic rings. The Labute approximate surface area is 163 Å². The number of nitrogens with zero attached hydrogens (tertiary/aromatic N) is 4. The minimum absolute atomic E-state index is 0.0695. The van der Waals surface area contributed by atoms with Gasteiger partial charge in [-0.1, -0.05) is 24.3 Å². The van der Waals surface area contributed by atoms with Gasteiger partial charge < -0.3 is 16.0 Å². The minimum atomic E-state index is -0.346. The van der Waals surface area contributed by atoms with Crippen molar-refractivity contribution in [1.29, 1.82) is 0 Å². The molecule has 0 atom stereocenters. The van der Waals surface area contributed by atoms with Crippen molar-refractivity contribution < 1.29 is 9.59 Å². The monoisotopic (exact) mass is 383 g/mol. The van der Waals surface area contributed by atoms with Crippen LogP contribution in [0.1, 0.15) is 18.1 Å². The fourth-order valence-electron chi connectivity index (χ4n) is 2.91. The van der Waals surface area contributed by atoms with Crippen LogP contribution in [0.4, 0.5) is 4.79 Å². The number of aromatic nitrogens is 2. The van der Waals surface area contributed by atoms with Crippen LogP contribution in [-0.2, 0) is 17.9 Å². The van der Waals surface area contributed by atoms with Crippen molar-refractivity contribution in [3.8, 4) is 0 Å². The second kappa shape index (κ2) is 9.54. The molecular weight excluding hydrogens is 358 g/mol. The van der Waals surface area contributed by atoms with Gasteiger partial charge in [-0.05, 0) is 24.1 Å². The van der Waals surface area contributed by atoms with E-state index in [1.165, 1.54) is 4.90 Å². The average molecular weight is 383 g/mol. The Kier molecular flexibility index (Phi) is 6.61. The van der Waals surface area contributed by atoms with Crippen LogP contribution in [0, 0.1) is 0 Å². The summed E-state index contributed by atoms with van der Waals surface area (Å²) in [5, 5.41) is 13.1. The second-order valence-corrected chi connectivity index (χ2v) is 6.30. The molecule has 0 unspecified atom stereocenters. The molecule has 9 heteroatoms. The molecule has 28 heavy (non-hydrogen) atoms. The third-order valence-electron chi connectivity index (χ3n) is 4.33. The summed E-state index contributed by atoms with van der Waals surface area (Å²) >= 11 is 0. The summed E-state index contributed by atoms with van der Waals surface area (Å²) in [6.07, 6.45) is 3.70. The van der Waals surface area contributed by atoms with E-state index >= 15 is 0 Å². The quantitative estimate of drug-likeness (QED) is 0.351. The van der Waals surface area contributed by atoms with Gasteiger partial charge in [-0.15, -0.1) is 0 Å². The Morgan fingerprint density at radius 1 is 1.21 bits per heavy atom. The number of benzene rings is 1. The van der Waals surface area contributed by atoms with Crippen LogP contribution >= 0.6 is 0 Å². The van der Waals surface area contributed by atoms with E-state index in [-0.39, 0.29) is 18.5 Å². The molecule has 0 radical (unpaired) electrons. The zero-order chi connectivity index (χ0) is 19.8. The zero-order valence-electron chi connectivity index (χ0n) is 15.9. The third-order valence-corrected chi connectivity index (χ3v) is 4.33. The van der Waals surface area contributed by atoms with E-state index in [2.05, 4.69) is 38.2 Å². The van der Waals surface area contributed by atoms with Crippen LogP contribution in [0.25, 0.3) is 0 Å². The highest BCUT2D eigenvalue weighted by Crippen LogP contribution is 2.11. The highest BCUT2D eigenvalue weighted by Gasteiger charge is 2.27. The van der Waals surface area contributed by atoms with E-state index in [9.17, 15) is 9.59 Å². The second-order valence-electron chi connectivity index (χ2n) is 6.30. The van der Waals surface area contributed by atoms with Crippen molar-refractivity contribution in [1.82, 2.24) is 30.6 Å². The lowest BCUT2D eigenvalue weighted by Crippen LogP contribution is -2.43. The van der Waals surface area contributed by atoms with Crippen molar-refractivity contribution in [2.45, 2.75) is 20.0 Å². The van der Waals surface area contributed by atoms with Crippen LogP contribution in [0.2, 0.25) is 0 Å². The maximum Gasteiger partial charge on any atom is 0.324 e. The molecule has 9 nitrogen and oxygen atoms in total. The minimum Gasteiger partial charge on any atom is -0.357 e. The van der Waals surface area contributed by atoms with Crippen molar-refractivity contribution in [3.63, 3.8) is 0 Å². The Morgan fingerprint density at radius 2 is 2.04 bits per heavy atom. The number of guanidine groups is 1. The Balaban J connectivity index is 1.59. The molecule has 0 bridgehead atoms. The molecule has 3 N–H and O–H groups in total. The van der Waals surface area contributed by atoms with E-state index < -0.39 is 0 Å². The molecule has 1 fully saturated rings. The molecule has 0 saturated carbocycles. The fraction of sp³-hybridized carbons (Fsp3) is 0.368. The first-order valence-electron chi connectivity index (χ1n) is 9.32. The zero-order valence-corrected chi connectivity index (χ0v) is 15.9. The van der Waals surface area contributed by atoms with Crippen LogP contribution < -0.4 is 16.0 Å². The predicted molar refractivity (Wildman–Crippen MR) is 106 cm³/mol. The average Bonchev–Trinajstić information content (AvgIpc) is 3.32. The first-order valence-corrected chi connectivity index (χ1v) is 9.32. The normalized spacial score (nSPS) is 14.3. The Bertz CT molecular complexity index is 817. The summed E-state index contributed by atoms with van der Waals surface area (Å²) in [6.45, 7) is 4.69. The molecular formula is C19H25N7O2. The summed E-state index contributed by atoms with van der Waals surface area (Å²) in [6, 6.07) is 9.69. The van der Waals surface area contributed by atoms with E-state index in [0.29, 0.717) is 38.7 Å². The maximum atomic E-state index is 11.6. The lowest BCUT2D eigenvalue weighted by molar-refractivity contribution is -0.124. The number of imide groups is 1. The summed E-state index contributed by atoms with van der Waals surface area (Å²) in [5.74, 6) is 0.435. The van der Waals surface area contributed by atoms with E-state index in [1.54, 1.807) is 6.20 Å². The van der Waals surface area contributed by atoms with E-state index in [4.69, 9.17) is 0 Å². The van der Waals surface area contributed by atoms with Crippen molar-refractivity contribution in [3.05, 3.63) is 53.9 Å². The van der Waals surface area contributed by atoms with Crippen molar-refractivity contribution >= 4 is 17.9 Å². The fourth-order valence-corrected chi connectivity index (χ4v) is 2.91. The molecule has 0 aliphatic carbocycles. The van der Waals surface area contributed by atoms with Crippen LogP contribution in [0.3, 0.4) is 0 Å². The number of rotatable bonds is 8. The number of carbonyl (C=O) groups is 2. The Hall–Kier alpha value is -3.36. The van der Waals surface area contributed by atoms with Gasteiger partial charge in [-0.3, -0.25) is 14.4 Å². The van der Waals surface area contributed by atoms with Crippen LogP contribution in [0.15, 0.2) is 47.7 Å². The lowest BCUT2D eigenvalue weighted by atomic mass is 10.1. The molecule has 1 aliphatic rings. The number of carbonyl (C=O) groups excluding carboxylic acids is 2. The molecule has 3 rings (SSSR count). The summed E-state index contributed by atoms with van der Waals surface area (Å²) in [5.41, 5.74) is 2.27. The molecule has 2 heterocycles. The number of aliphatic imine (C=N–C) groups is 1. The number of nitrogens with one attached hydrogen (secondary N) is 3. The first-order chi connectivity index (χ1) is 13.7. The molecule has 148 valence electrons. The first kappa shape index (κ1) is 19.4. The standard InChI is InChI=1S/C19H25N7O2/c1-2-20-18(21-9-11-26-17(27)13-23-19(26)28)22-12-15-6-3-4-7-16(15)14-25-10-5-8-24-25/h3-8,10H,2,9,11-14H2,1H3,(H,23,28)(H2,20,21,22). The number of urea groups is 1. The molecule has 1 saturated heterocycles. The van der Waals surface area contributed by atoms with Gasteiger partial charge in [0.25, 0.3) is 0 Å². The van der Waals surface area contributed by atoms with Gasteiger partial charge >= 0.3 is 6.03 Å². The number of hydrogen-bond acceptors (Lipinski definition) is 4. The van der Waals surface area contributed by atoms with Gasteiger partial charge in [0.15, 0.2) is 5.96 Å². The summed E-state index contributed by atoms with van der Waals surface area (Å²) in [7, 11) is 0. The number of amides is 3. The largest absolute Gasteiger partial charge is 0.357 e. The topological polar surface area (TPSA) is 104 Å². The molecule has 1 aliphatic heterocycles. The molecule has 1 aromatic heterocycles. The van der Waals surface area contributed by atoms with Gasteiger partial charge in [0.2, 0.25) is 5.91 Å². The van der Waals surface area contributed by atoms with E-state index in [1.807, 2.05) is 36.0 Å². The van der Waals surface area contributed by atoms with E-state index in [0.717, 1.165) is 11.1 Å². The molecule has 0 spiro atoms. The van der Waals surface area contributed by atoms with Crippen molar-refractivity contribution in [2.75, 3.05) is 26.2 Å². The maximum absolute atomic E-state index is 11.6. The lowest BCUT2D eigenvalue weighted by Gasteiger charge is -2.15. The van der Waals surface area contributed by atoms with Crippen LogP contribution in [0.5, 0.6) is 0 Å². The van der Waals surface area contributed by atoms with Gasteiger partial charge in [0.1, 0.15) is 0 Å². The van der Waals surface area contributed by atoms with Crippen molar-refractivity contribution in [2.24, 2.45) is 4.99 Å². The smallest absolute Gasteiger partial charge is 0.324 e. The van der Waals surface area contributed by atoms with Gasteiger partial charge in [-0.25, -0.2) is 9.79 Å². The Morgan fingerprint density at radius 3 is 2.71 bits per heavy atom. The highest BCUT2D eigenvalue weighted by atomic mass is 16.2. The van der Waals surface area contributed by atoms with Gasteiger partial charge in [-0.2, -0.15) is 5.10 Å². The molecule has 3 amide bonds. The number of hydrogen-bond donors (Lipinski definition) is 3. The van der Waals surface area contributed by atoms with Gasteiger partial charge in [0, 0.05) is 32.0 Å². The summed E-state index contributed by atoms with van der Waals surface area (Å²) < 4.78 is 1.88. The third kappa shape index (κ3) is 5.09. The van der Waals surface area contributed by atoms with Crippen LogP contribution in [-0.4, -0.2) is 58.8 Å². The van der Waals surface area contributed by atoms with Gasteiger partial charge in [0.05, 0.1) is 19.6 Å². The molecule has 1 aromatic carbocycles. The highest BCUT2D eigenvalue weighted by molar-refractivity contribution is 6.01. The predicted octanol–water partition coefficient (Wildman–Crippen LogP) is 0.538.